The van der Waals surface area contributed by atoms with Gasteiger partial charge >= 0.3 is 0 Å². The fraction of sp³-hybridized carbons (Fsp3) is 0.208. The third kappa shape index (κ3) is 3.03. The number of hydrogen-bond donors (Lipinski definition) is 0. The van der Waals surface area contributed by atoms with Gasteiger partial charge in [0.1, 0.15) is 12.4 Å². The van der Waals surface area contributed by atoms with E-state index in [4.69, 9.17) is 4.74 Å². The molecule has 2 nitrogen and oxygen atoms in total. The van der Waals surface area contributed by atoms with Crippen molar-refractivity contribution in [3.8, 4) is 28.0 Å². The van der Waals surface area contributed by atoms with Crippen molar-refractivity contribution >= 4 is 6.29 Å². The van der Waals surface area contributed by atoms with E-state index in [0.29, 0.717) is 0 Å². The Bertz CT molecular complexity index is 939. The molecule has 3 aromatic rings. The zero-order valence-corrected chi connectivity index (χ0v) is 15.0. The van der Waals surface area contributed by atoms with Crippen LogP contribution in [0.2, 0.25) is 0 Å². The van der Waals surface area contributed by atoms with E-state index in [0.717, 1.165) is 17.6 Å². The quantitative estimate of drug-likeness (QED) is 0.581. The first kappa shape index (κ1) is 16.6. The Morgan fingerprint density at radius 2 is 1.62 bits per heavy atom. The minimum Gasteiger partial charge on any atom is -0.486 e. The lowest BCUT2D eigenvalue weighted by atomic mass is 9.89. The van der Waals surface area contributed by atoms with Crippen molar-refractivity contribution in [1.82, 2.24) is 0 Å². The first-order chi connectivity index (χ1) is 12.8. The number of ether oxygens (including phenoxy) is 1. The minimum atomic E-state index is 0.0903. The molecule has 0 N–H and O–H groups in total. The lowest BCUT2D eigenvalue weighted by Crippen LogP contribution is -1.97. The summed E-state index contributed by atoms with van der Waals surface area (Å²) in [5, 5.41) is 0. The predicted molar refractivity (Wildman–Crippen MR) is 106 cm³/mol. The molecule has 0 spiro atoms. The van der Waals surface area contributed by atoms with Crippen LogP contribution in [0.3, 0.4) is 0 Å². The maximum Gasteiger partial charge on any atom is 0.157 e. The molecule has 0 aliphatic heterocycles. The smallest absolute Gasteiger partial charge is 0.157 e. The molecule has 2 heteroatoms. The van der Waals surface area contributed by atoms with E-state index < -0.39 is 0 Å². The van der Waals surface area contributed by atoms with E-state index >= 15 is 0 Å². The minimum absolute atomic E-state index is 0.0903. The summed E-state index contributed by atoms with van der Waals surface area (Å²) in [6.45, 7) is 2.29. The summed E-state index contributed by atoms with van der Waals surface area (Å²) in [4.78, 5) is 10.4. The van der Waals surface area contributed by atoms with Gasteiger partial charge in [-0.2, -0.15) is 0 Å². The molecule has 1 aliphatic carbocycles. The van der Waals surface area contributed by atoms with Gasteiger partial charge in [-0.1, -0.05) is 48.5 Å². The molecule has 0 fully saturated rings. The van der Waals surface area contributed by atoms with Crippen molar-refractivity contribution in [2.24, 2.45) is 0 Å². The molecule has 0 amide bonds. The van der Waals surface area contributed by atoms with Gasteiger partial charge in [0.25, 0.3) is 0 Å². The normalized spacial score (nSPS) is 12.7. The van der Waals surface area contributed by atoms with Crippen LogP contribution in [0.15, 0.2) is 60.7 Å². The summed E-state index contributed by atoms with van der Waals surface area (Å²) in [5.41, 5.74) is 9.42. The van der Waals surface area contributed by atoms with E-state index in [2.05, 4.69) is 55.5 Å². The van der Waals surface area contributed by atoms with Gasteiger partial charge in [0, 0.05) is 0 Å². The SMILES string of the molecule is Cc1c(-c2ccc(OCC=O)cc2)cccc1-c1cccc2c1CCC2. The zero-order chi connectivity index (χ0) is 17.9. The second kappa shape index (κ2) is 7.17. The second-order valence-corrected chi connectivity index (χ2v) is 6.78. The topological polar surface area (TPSA) is 26.3 Å². The molecule has 0 bridgehead atoms. The highest BCUT2D eigenvalue weighted by atomic mass is 16.5. The lowest BCUT2D eigenvalue weighted by Gasteiger charge is -2.15. The molecule has 4 rings (SSSR count). The molecule has 0 saturated heterocycles. The Morgan fingerprint density at radius 3 is 2.42 bits per heavy atom. The van der Waals surface area contributed by atoms with Gasteiger partial charge in [-0.25, -0.2) is 0 Å². The molecular formula is C24H22O2. The fourth-order valence-corrected chi connectivity index (χ4v) is 3.97. The number of hydrogen-bond acceptors (Lipinski definition) is 2. The van der Waals surface area contributed by atoms with Crippen LogP contribution in [0, 0.1) is 6.92 Å². The summed E-state index contributed by atoms with van der Waals surface area (Å²) in [7, 11) is 0. The number of carbonyl (C=O) groups excluding carboxylic acids is 1. The molecule has 1 aliphatic rings. The van der Waals surface area contributed by atoms with E-state index in [1.54, 1.807) is 0 Å². The van der Waals surface area contributed by atoms with Gasteiger partial charge in [-0.05, 0) is 77.3 Å². The fourth-order valence-electron chi connectivity index (χ4n) is 3.97. The van der Waals surface area contributed by atoms with E-state index in [9.17, 15) is 4.79 Å². The summed E-state index contributed by atoms with van der Waals surface area (Å²) < 4.78 is 5.35. The van der Waals surface area contributed by atoms with Gasteiger partial charge in [0.2, 0.25) is 0 Å². The van der Waals surface area contributed by atoms with Crippen molar-refractivity contribution in [2.75, 3.05) is 6.61 Å². The van der Waals surface area contributed by atoms with E-state index in [-0.39, 0.29) is 6.61 Å². The number of aryl methyl sites for hydroxylation is 1. The number of carbonyl (C=O) groups is 1. The Labute approximate surface area is 154 Å². The molecule has 0 saturated carbocycles. The van der Waals surface area contributed by atoms with Crippen LogP contribution >= 0.6 is 0 Å². The van der Waals surface area contributed by atoms with Crippen LogP contribution in [0.1, 0.15) is 23.1 Å². The molecule has 0 atom stereocenters. The van der Waals surface area contributed by atoms with Crippen LogP contribution in [-0.2, 0) is 17.6 Å². The number of fused-ring (bicyclic) bond motifs is 1. The second-order valence-electron chi connectivity index (χ2n) is 6.78. The Balaban J connectivity index is 1.73. The van der Waals surface area contributed by atoms with Gasteiger partial charge < -0.3 is 4.74 Å². The Morgan fingerprint density at radius 1 is 0.885 bits per heavy atom. The third-order valence-electron chi connectivity index (χ3n) is 5.25. The highest BCUT2D eigenvalue weighted by molar-refractivity contribution is 5.80. The van der Waals surface area contributed by atoms with Crippen LogP contribution in [0.25, 0.3) is 22.3 Å². The third-order valence-corrected chi connectivity index (χ3v) is 5.25. The number of benzene rings is 3. The molecule has 0 aromatic heterocycles. The predicted octanol–water partition coefficient (Wildman–Crippen LogP) is 5.40. The van der Waals surface area contributed by atoms with Crippen molar-refractivity contribution in [2.45, 2.75) is 26.2 Å². The summed E-state index contributed by atoms with van der Waals surface area (Å²) in [6, 6.07) is 21.2. The zero-order valence-electron chi connectivity index (χ0n) is 15.0. The molecule has 130 valence electrons. The Hall–Kier alpha value is -2.87. The van der Waals surface area contributed by atoms with E-state index in [1.165, 1.54) is 52.6 Å². The average Bonchev–Trinajstić information content (AvgIpc) is 3.16. The number of aldehydes is 1. The highest BCUT2D eigenvalue weighted by Crippen LogP contribution is 2.37. The highest BCUT2D eigenvalue weighted by Gasteiger charge is 2.17. The van der Waals surface area contributed by atoms with Gasteiger partial charge in [-0.15, -0.1) is 0 Å². The van der Waals surface area contributed by atoms with Crippen LogP contribution in [0.4, 0.5) is 0 Å². The summed E-state index contributed by atoms with van der Waals surface area (Å²) in [6.07, 6.45) is 4.40. The van der Waals surface area contributed by atoms with Crippen LogP contribution in [-0.4, -0.2) is 12.9 Å². The first-order valence-corrected chi connectivity index (χ1v) is 9.15. The largest absolute Gasteiger partial charge is 0.486 e. The van der Waals surface area contributed by atoms with Gasteiger partial charge in [0.05, 0.1) is 0 Å². The maximum atomic E-state index is 10.4. The lowest BCUT2D eigenvalue weighted by molar-refractivity contribution is -0.109. The first-order valence-electron chi connectivity index (χ1n) is 9.15. The summed E-state index contributed by atoms with van der Waals surface area (Å²) in [5.74, 6) is 0.718. The molecular weight excluding hydrogens is 320 g/mol. The average molecular weight is 342 g/mol. The van der Waals surface area contributed by atoms with Crippen molar-refractivity contribution in [3.05, 3.63) is 77.4 Å². The molecule has 0 unspecified atom stereocenters. The van der Waals surface area contributed by atoms with Gasteiger partial charge in [0.15, 0.2) is 6.29 Å². The van der Waals surface area contributed by atoms with Crippen molar-refractivity contribution in [1.29, 1.82) is 0 Å². The van der Waals surface area contributed by atoms with Crippen LogP contribution in [0.5, 0.6) is 5.75 Å². The maximum absolute atomic E-state index is 10.4. The monoisotopic (exact) mass is 342 g/mol. The van der Waals surface area contributed by atoms with Crippen LogP contribution < -0.4 is 4.74 Å². The van der Waals surface area contributed by atoms with Crippen molar-refractivity contribution in [3.63, 3.8) is 0 Å². The molecule has 0 radical (unpaired) electrons. The molecule has 0 heterocycles. The van der Waals surface area contributed by atoms with Gasteiger partial charge in [-0.3, -0.25) is 4.79 Å². The molecule has 26 heavy (non-hydrogen) atoms. The van der Waals surface area contributed by atoms with E-state index in [1.807, 2.05) is 12.1 Å². The summed E-state index contributed by atoms with van der Waals surface area (Å²) >= 11 is 0. The molecule has 3 aromatic carbocycles. The Kier molecular flexibility index (Phi) is 4.57. The van der Waals surface area contributed by atoms with Crippen molar-refractivity contribution < 1.29 is 9.53 Å². The number of rotatable bonds is 5. The standard InChI is InChI=1S/C24H22O2/c1-17-21(19-11-13-20(14-12-19)26-16-15-25)7-4-8-22(17)24-10-3-6-18-5-2-9-23(18)24/h3-4,6-8,10-15H,2,5,9,16H2,1H3.